The zero-order valence-electron chi connectivity index (χ0n) is 6.41. The Labute approximate surface area is 78.2 Å². The molecule has 1 aromatic carbocycles. The summed E-state index contributed by atoms with van der Waals surface area (Å²) >= 11 is 0. The Morgan fingerprint density at radius 2 is 1.92 bits per heavy atom. The first kappa shape index (κ1) is 9.58. The van der Waals surface area contributed by atoms with Crippen molar-refractivity contribution in [1.29, 1.82) is 0 Å². The van der Waals surface area contributed by atoms with E-state index in [2.05, 4.69) is 0 Å². The van der Waals surface area contributed by atoms with E-state index in [1.807, 2.05) is 0 Å². The van der Waals surface area contributed by atoms with Crippen LogP contribution in [0.2, 0.25) is 0 Å². The number of hydrogen-bond acceptors (Lipinski definition) is 2. The Morgan fingerprint density at radius 1 is 1.42 bits per heavy atom. The molecule has 4 heteroatoms. The average molecular weight is 203 g/mol. The van der Waals surface area contributed by atoms with E-state index < -0.39 is 10.4 Å². The third kappa shape index (κ3) is 2.24. The van der Waals surface area contributed by atoms with Gasteiger partial charge in [0.1, 0.15) is 10.4 Å². The van der Waals surface area contributed by atoms with Crippen LogP contribution in [0.5, 0.6) is 0 Å². The van der Waals surface area contributed by atoms with Crippen molar-refractivity contribution >= 4 is 26.9 Å². The van der Waals surface area contributed by atoms with Crippen LogP contribution in [-0.4, -0.2) is 10.3 Å². The Morgan fingerprint density at radius 3 is 2.25 bits per heavy atom. The molecule has 0 aliphatic carbocycles. The van der Waals surface area contributed by atoms with Gasteiger partial charge in [0.25, 0.3) is 0 Å². The molecule has 64 valence electrons. The molecular weight excluding hydrogens is 196 g/mol. The number of benzene rings is 1. The van der Waals surface area contributed by atoms with Gasteiger partial charge in [-0.3, -0.25) is 4.79 Å². The van der Waals surface area contributed by atoms with Crippen LogP contribution in [0.1, 0.15) is 17.3 Å². The summed E-state index contributed by atoms with van der Waals surface area (Å²) in [6.07, 6.45) is 0. The van der Waals surface area contributed by atoms with Crippen LogP contribution in [-0.2, 0) is 10.4 Å². The van der Waals surface area contributed by atoms with Gasteiger partial charge >= 0.3 is 0 Å². The van der Waals surface area contributed by atoms with Crippen LogP contribution in [0.3, 0.4) is 0 Å². The fourth-order valence-electron chi connectivity index (χ4n) is 0.797. The van der Waals surface area contributed by atoms with E-state index >= 15 is 0 Å². The van der Waals surface area contributed by atoms with Crippen molar-refractivity contribution in [2.45, 2.75) is 11.8 Å². The zero-order chi connectivity index (χ0) is 9.14. The molecule has 0 radical (unpaired) electrons. The molecule has 1 rings (SSSR count). The van der Waals surface area contributed by atoms with Gasteiger partial charge in [0.05, 0.1) is 0 Å². The summed E-state index contributed by atoms with van der Waals surface area (Å²) in [5.74, 6) is -0.0121. The molecule has 0 aliphatic heterocycles. The summed E-state index contributed by atoms with van der Waals surface area (Å²) in [5.41, 5.74) is 0.598. The Balaban J connectivity index is 2.93. The average Bonchev–Trinajstić information content (AvgIpc) is 2.04. The van der Waals surface area contributed by atoms with Gasteiger partial charge < -0.3 is 4.55 Å². The number of halogens is 1. The van der Waals surface area contributed by atoms with E-state index in [1.165, 1.54) is 6.92 Å². The highest BCUT2D eigenvalue weighted by Gasteiger charge is 2.07. The molecule has 0 aromatic heterocycles. The van der Waals surface area contributed by atoms with E-state index in [-0.39, 0.29) is 5.78 Å². The molecular formula is C8H7ClO2S. The molecule has 0 heterocycles. The summed E-state index contributed by atoms with van der Waals surface area (Å²) in [5, 5.41) is 0. The Bertz CT molecular complexity index is 282. The molecule has 0 fully saturated rings. The topological polar surface area (TPSA) is 40.1 Å². The lowest BCUT2D eigenvalue weighted by atomic mass is 10.2. The van der Waals surface area contributed by atoms with Crippen LogP contribution in [0, 0.1) is 0 Å². The van der Waals surface area contributed by atoms with E-state index in [4.69, 9.17) is 10.7 Å². The monoisotopic (exact) mass is 202 g/mol. The molecule has 0 amide bonds. The summed E-state index contributed by atoms with van der Waals surface area (Å²) in [7, 11) is 3.83. The molecule has 1 aromatic rings. The van der Waals surface area contributed by atoms with Gasteiger partial charge in [0, 0.05) is 5.56 Å². The maximum atomic E-state index is 10.8. The molecule has 0 saturated heterocycles. The van der Waals surface area contributed by atoms with Crippen molar-refractivity contribution in [3.63, 3.8) is 0 Å². The van der Waals surface area contributed by atoms with Gasteiger partial charge in [-0.1, -0.05) is 0 Å². The first-order valence-corrected chi connectivity index (χ1v) is 5.28. The van der Waals surface area contributed by atoms with Crippen LogP contribution in [0.15, 0.2) is 29.2 Å². The third-order valence-corrected chi connectivity index (χ3v) is 2.62. The number of carbonyl (C=O) groups is 1. The number of carbonyl (C=O) groups excluding carboxylic acids is 1. The van der Waals surface area contributed by atoms with Gasteiger partial charge in [-0.25, -0.2) is 0 Å². The van der Waals surface area contributed by atoms with Gasteiger partial charge in [-0.2, -0.15) is 0 Å². The normalized spacial score (nSPS) is 12.6. The lowest BCUT2D eigenvalue weighted by molar-refractivity contribution is 0.101. The second-order valence-electron chi connectivity index (χ2n) is 2.30. The second kappa shape index (κ2) is 3.94. The minimum Gasteiger partial charge on any atom is -0.594 e. The van der Waals surface area contributed by atoms with Crippen molar-refractivity contribution in [2.24, 2.45) is 0 Å². The van der Waals surface area contributed by atoms with E-state index in [0.29, 0.717) is 10.5 Å². The lowest BCUT2D eigenvalue weighted by Crippen LogP contribution is -1.94. The van der Waals surface area contributed by atoms with Gasteiger partial charge in [0.2, 0.25) is 0 Å². The summed E-state index contributed by atoms with van der Waals surface area (Å²) in [6, 6.07) is 6.38. The molecule has 0 N–H and O–H groups in total. The second-order valence-corrected chi connectivity index (χ2v) is 4.06. The Kier molecular flexibility index (Phi) is 3.14. The van der Waals surface area contributed by atoms with Crippen LogP contribution < -0.4 is 0 Å². The number of hydrogen-bond donors (Lipinski definition) is 0. The minimum atomic E-state index is -1.49. The van der Waals surface area contributed by atoms with Gasteiger partial charge in [0.15, 0.2) is 21.4 Å². The van der Waals surface area contributed by atoms with Crippen LogP contribution >= 0.6 is 10.7 Å². The predicted molar refractivity (Wildman–Crippen MR) is 48.7 cm³/mol. The maximum absolute atomic E-state index is 10.8. The fraction of sp³-hybridized carbons (Fsp3) is 0.125. The fourth-order valence-corrected chi connectivity index (χ4v) is 1.46. The first-order chi connectivity index (χ1) is 5.61. The summed E-state index contributed by atoms with van der Waals surface area (Å²) < 4.78 is 10.7. The van der Waals surface area contributed by atoms with Crippen LogP contribution in [0.25, 0.3) is 0 Å². The highest BCUT2D eigenvalue weighted by Crippen LogP contribution is 2.15. The number of Topliss-reactive ketones (excluding diaryl/α,β-unsaturated/α-hetero) is 1. The van der Waals surface area contributed by atoms with E-state index in [0.717, 1.165) is 0 Å². The van der Waals surface area contributed by atoms with E-state index in [9.17, 15) is 9.35 Å². The molecule has 0 spiro atoms. The van der Waals surface area contributed by atoms with Crippen molar-refractivity contribution in [1.82, 2.24) is 0 Å². The quantitative estimate of drug-likeness (QED) is 0.545. The molecule has 2 nitrogen and oxygen atoms in total. The predicted octanol–water partition coefficient (Wildman–Crippen LogP) is 2.15. The SMILES string of the molecule is CC(=O)c1ccc([S+]([O-])Cl)cc1. The molecule has 0 aliphatic rings. The first-order valence-electron chi connectivity index (χ1n) is 3.30. The molecule has 1 atom stereocenters. The highest BCUT2D eigenvalue weighted by molar-refractivity contribution is 8.13. The molecule has 1 unspecified atom stereocenters. The summed E-state index contributed by atoms with van der Waals surface area (Å²) in [6.45, 7) is 1.48. The standard InChI is InChI=1S/C8H7ClO2S/c1-6(10)7-2-4-8(5-3-7)12(9)11/h2-5H,1H3. The zero-order valence-corrected chi connectivity index (χ0v) is 7.98. The van der Waals surface area contributed by atoms with Gasteiger partial charge in [-0.15, -0.1) is 0 Å². The molecule has 0 saturated carbocycles. The molecule has 0 bridgehead atoms. The van der Waals surface area contributed by atoms with Crippen LogP contribution in [0.4, 0.5) is 0 Å². The smallest absolute Gasteiger partial charge is 0.181 e. The van der Waals surface area contributed by atoms with Crippen molar-refractivity contribution in [2.75, 3.05) is 0 Å². The van der Waals surface area contributed by atoms with Crippen molar-refractivity contribution in [3.05, 3.63) is 29.8 Å². The number of ketones is 1. The highest BCUT2D eigenvalue weighted by atomic mass is 35.7. The van der Waals surface area contributed by atoms with Crippen molar-refractivity contribution < 1.29 is 9.35 Å². The minimum absolute atomic E-state index is 0.0121. The maximum Gasteiger partial charge on any atom is 0.181 e. The van der Waals surface area contributed by atoms with E-state index in [1.54, 1.807) is 24.3 Å². The van der Waals surface area contributed by atoms with Crippen molar-refractivity contribution in [3.8, 4) is 0 Å². The lowest BCUT2D eigenvalue weighted by Gasteiger charge is -1.99. The third-order valence-electron chi connectivity index (χ3n) is 1.45. The van der Waals surface area contributed by atoms with Gasteiger partial charge in [-0.05, 0) is 31.2 Å². The number of rotatable bonds is 2. The summed E-state index contributed by atoms with van der Waals surface area (Å²) in [4.78, 5) is 11.3. The molecule has 12 heavy (non-hydrogen) atoms. The largest absolute Gasteiger partial charge is 0.594 e. The Hall–Kier alpha value is -0.510.